The summed E-state index contributed by atoms with van der Waals surface area (Å²) in [5.41, 5.74) is 2.22. The first-order chi connectivity index (χ1) is 7.20. The minimum Gasteiger partial charge on any atom is -0.346 e. The molecule has 0 spiro atoms. The molecule has 1 saturated carbocycles. The van der Waals surface area contributed by atoms with Gasteiger partial charge in [0, 0.05) is 28.5 Å². The molecule has 0 aliphatic heterocycles. The molecule has 3 heteroatoms. The lowest BCUT2D eigenvalue weighted by Crippen LogP contribution is -1.93. The predicted molar refractivity (Wildman–Crippen MR) is 62.6 cm³/mol. The van der Waals surface area contributed by atoms with Crippen molar-refractivity contribution >= 4 is 26.8 Å². The van der Waals surface area contributed by atoms with Crippen LogP contribution in [0.3, 0.4) is 0 Å². The molecule has 0 unspecified atom stereocenters. The second kappa shape index (κ2) is 3.08. The Hall–Kier alpha value is -0.830. The van der Waals surface area contributed by atoms with Gasteiger partial charge < -0.3 is 4.57 Å². The zero-order chi connectivity index (χ0) is 10.6. The first-order valence-electron chi connectivity index (χ1n) is 5.12. The summed E-state index contributed by atoms with van der Waals surface area (Å²) in [6, 6.07) is 5.25. The lowest BCUT2D eigenvalue weighted by molar-refractivity contribution is 0.639. The topological polar surface area (TPSA) is 4.93 Å². The molecule has 1 heterocycles. The van der Waals surface area contributed by atoms with E-state index in [0.717, 1.165) is 15.4 Å². The third kappa shape index (κ3) is 1.26. The highest BCUT2D eigenvalue weighted by molar-refractivity contribution is 9.10. The maximum atomic E-state index is 13.7. The van der Waals surface area contributed by atoms with Crippen LogP contribution in [0.2, 0.25) is 0 Å². The van der Waals surface area contributed by atoms with E-state index >= 15 is 0 Å². The molecule has 1 aromatic carbocycles. The Balaban J connectivity index is 2.42. The SMILES string of the molecule is Cn1c(C2CC2)c(Br)c2c(F)cccc21. The molecule has 2 aromatic rings. The van der Waals surface area contributed by atoms with E-state index in [1.54, 1.807) is 6.07 Å². The predicted octanol–water partition coefficient (Wildman–Crippen LogP) is 3.96. The van der Waals surface area contributed by atoms with E-state index in [-0.39, 0.29) is 5.82 Å². The Morgan fingerprint density at radius 1 is 1.40 bits per heavy atom. The number of aromatic nitrogens is 1. The largest absolute Gasteiger partial charge is 0.346 e. The second-order valence-electron chi connectivity index (χ2n) is 4.17. The molecule has 1 nitrogen and oxygen atoms in total. The molecule has 1 fully saturated rings. The van der Waals surface area contributed by atoms with Crippen molar-refractivity contribution in [3.05, 3.63) is 34.2 Å². The number of hydrogen-bond donors (Lipinski definition) is 0. The third-order valence-corrected chi connectivity index (χ3v) is 3.93. The Morgan fingerprint density at radius 2 is 2.13 bits per heavy atom. The van der Waals surface area contributed by atoms with Gasteiger partial charge in [-0.1, -0.05) is 6.07 Å². The van der Waals surface area contributed by atoms with Gasteiger partial charge >= 0.3 is 0 Å². The molecule has 0 atom stereocenters. The Morgan fingerprint density at radius 3 is 2.73 bits per heavy atom. The summed E-state index contributed by atoms with van der Waals surface area (Å²) < 4.78 is 16.7. The Kier molecular flexibility index (Phi) is 1.93. The van der Waals surface area contributed by atoms with Crippen LogP contribution in [-0.2, 0) is 7.05 Å². The average molecular weight is 268 g/mol. The van der Waals surface area contributed by atoms with Crippen LogP contribution in [0.25, 0.3) is 10.9 Å². The van der Waals surface area contributed by atoms with Crippen molar-refractivity contribution in [3.63, 3.8) is 0 Å². The van der Waals surface area contributed by atoms with Crippen LogP contribution in [0.4, 0.5) is 4.39 Å². The van der Waals surface area contributed by atoms with Crippen LogP contribution in [0.15, 0.2) is 22.7 Å². The fourth-order valence-corrected chi connectivity index (χ4v) is 3.21. The highest BCUT2D eigenvalue weighted by atomic mass is 79.9. The summed E-state index contributed by atoms with van der Waals surface area (Å²) in [5, 5.41) is 0.724. The smallest absolute Gasteiger partial charge is 0.133 e. The fraction of sp³-hybridized carbons (Fsp3) is 0.333. The van der Waals surface area contributed by atoms with Gasteiger partial charge in [0.15, 0.2) is 0 Å². The molecule has 0 saturated heterocycles. The Bertz CT molecular complexity index is 540. The standard InChI is InChI=1S/C12H11BrFN/c1-15-9-4-2-3-8(14)10(9)11(13)12(15)7-5-6-7/h2-4,7H,5-6H2,1H3. The van der Waals surface area contributed by atoms with E-state index in [1.165, 1.54) is 24.6 Å². The first-order valence-corrected chi connectivity index (χ1v) is 5.91. The molecule has 0 bridgehead atoms. The molecular formula is C12H11BrFN. The van der Waals surface area contributed by atoms with Crippen LogP contribution in [0.5, 0.6) is 0 Å². The number of halogens is 2. The fourth-order valence-electron chi connectivity index (χ4n) is 2.22. The van der Waals surface area contributed by atoms with E-state index in [4.69, 9.17) is 0 Å². The van der Waals surface area contributed by atoms with Crippen LogP contribution in [0, 0.1) is 5.82 Å². The van der Waals surface area contributed by atoms with Crippen LogP contribution in [-0.4, -0.2) is 4.57 Å². The summed E-state index contributed by atoms with van der Waals surface area (Å²) in [5.74, 6) is 0.484. The van der Waals surface area contributed by atoms with E-state index in [0.29, 0.717) is 5.92 Å². The lowest BCUT2D eigenvalue weighted by Gasteiger charge is -2.01. The highest BCUT2D eigenvalue weighted by Gasteiger charge is 2.30. The number of benzene rings is 1. The molecule has 15 heavy (non-hydrogen) atoms. The second-order valence-corrected chi connectivity index (χ2v) is 4.96. The van der Waals surface area contributed by atoms with Crippen LogP contribution < -0.4 is 0 Å². The molecule has 1 aliphatic carbocycles. The van der Waals surface area contributed by atoms with Gasteiger partial charge in [-0.05, 0) is 40.9 Å². The minimum atomic E-state index is -0.137. The molecule has 1 aromatic heterocycles. The van der Waals surface area contributed by atoms with Crippen molar-refractivity contribution < 1.29 is 4.39 Å². The molecular weight excluding hydrogens is 257 g/mol. The maximum Gasteiger partial charge on any atom is 0.133 e. The molecule has 0 amide bonds. The van der Waals surface area contributed by atoms with Gasteiger partial charge in [-0.3, -0.25) is 0 Å². The van der Waals surface area contributed by atoms with Gasteiger partial charge in [-0.2, -0.15) is 0 Å². The van der Waals surface area contributed by atoms with Crippen molar-refractivity contribution in [3.8, 4) is 0 Å². The van der Waals surface area contributed by atoms with Crippen LogP contribution in [0.1, 0.15) is 24.5 Å². The van der Waals surface area contributed by atoms with E-state index in [9.17, 15) is 4.39 Å². The highest BCUT2D eigenvalue weighted by Crippen LogP contribution is 2.46. The number of fused-ring (bicyclic) bond motifs is 1. The van der Waals surface area contributed by atoms with Crippen molar-refractivity contribution in [1.82, 2.24) is 4.57 Å². The maximum absolute atomic E-state index is 13.7. The van der Waals surface area contributed by atoms with E-state index < -0.39 is 0 Å². The number of hydrogen-bond acceptors (Lipinski definition) is 0. The van der Waals surface area contributed by atoms with Crippen molar-refractivity contribution in [2.75, 3.05) is 0 Å². The first kappa shape index (κ1) is 9.40. The van der Waals surface area contributed by atoms with Gasteiger partial charge in [-0.15, -0.1) is 0 Å². The lowest BCUT2D eigenvalue weighted by atomic mass is 10.2. The van der Waals surface area contributed by atoms with Gasteiger partial charge in [-0.25, -0.2) is 4.39 Å². The van der Waals surface area contributed by atoms with Gasteiger partial charge in [0.1, 0.15) is 5.82 Å². The Labute approximate surface area is 96.0 Å². The quantitative estimate of drug-likeness (QED) is 0.737. The summed E-state index contributed by atoms with van der Waals surface area (Å²) in [4.78, 5) is 0. The number of aryl methyl sites for hydroxylation is 1. The van der Waals surface area contributed by atoms with Crippen molar-refractivity contribution in [1.29, 1.82) is 0 Å². The van der Waals surface area contributed by atoms with Gasteiger partial charge in [0.05, 0.1) is 5.52 Å². The van der Waals surface area contributed by atoms with Gasteiger partial charge in [0.2, 0.25) is 0 Å². The van der Waals surface area contributed by atoms with E-state index in [1.807, 2.05) is 13.1 Å². The normalized spacial score (nSPS) is 16.2. The zero-order valence-electron chi connectivity index (χ0n) is 8.43. The van der Waals surface area contributed by atoms with Crippen LogP contribution >= 0.6 is 15.9 Å². The molecule has 3 rings (SSSR count). The summed E-state index contributed by atoms with van der Waals surface area (Å²) in [7, 11) is 2.01. The number of rotatable bonds is 1. The molecule has 1 aliphatic rings. The average Bonchev–Trinajstić information content (AvgIpc) is 2.98. The zero-order valence-corrected chi connectivity index (χ0v) is 10.0. The third-order valence-electron chi connectivity index (χ3n) is 3.12. The molecule has 78 valence electrons. The molecule has 0 N–H and O–H groups in total. The van der Waals surface area contributed by atoms with E-state index in [2.05, 4.69) is 20.5 Å². The summed E-state index contributed by atoms with van der Waals surface area (Å²) >= 11 is 3.53. The minimum absolute atomic E-state index is 0.137. The van der Waals surface area contributed by atoms with Gasteiger partial charge in [0.25, 0.3) is 0 Å². The van der Waals surface area contributed by atoms with Crippen molar-refractivity contribution in [2.24, 2.45) is 7.05 Å². The summed E-state index contributed by atoms with van der Waals surface area (Å²) in [6.07, 6.45) is 2.45. The monoisotopic (exact) mass is 267 g/mol. The van der Waals surface area contributed by atoms with Crippen molar-refractivity contribution in [2.45, 2.75) is 18.8 Å². The molecule has 0 radical (unpaired) electrons. The number of nitrogens with zero attached hydrogens (tertiary/aromatic N) is 1. The summed E-state index contributed by atoms with van der Waals surface area (Å²) in [6.45, 7) is 0.